The zero-order valence-electron chi connectivity index (χ0n) is 9.95. The van der Waals surface area contributed by atoms with Crippen molar-refractivity contribution in [1.29, 1.82) is 0 Å². The largest absolute Gasteiger partial charge is 0.369 e. The highest BCUT2D eigenvalue weighted by Crippen LogP contribution is 2.36. The maximum absolute atomic E-state index is 6.10. The molecule has 0 heterocycles. The molecular formula is C14H19BrO. The normalized spacial score (nSPS) is 19.4. The summed E-state index contributed by atoms with van der Waals surface area (Å²) in [6.45, 7) is 4.31. The Morgan fingerprint density at radius 2 is 1.94 bits per heavy atom. The molecule has 1 nitrogen and oxygen atoms in total. The Bertz CT molecular complexity index is 329. The van der Waals surface area contributed by atoms with Crippen LogP contribution < -0.4 is 0 Å². The van der Waals surface area contributed by atoms with Crippen LogP contribution in [0.25, 0.3) is 0 Å². The zero-order valence-corrected chi connectivity index (χ0v) is 11.5. The standard InChI is InChI=1S/C14H19BrO/c1-10-3-5-13(6-4-10)14(9-15)16-11(2)12-7-8-12/h3-6,11-12,14H,7-9H2,1-2H3. The molecule has 0 saturated heterocycles. The van der Waals surface area contributed by atoms with Crippen molar-refractivity contribution in [2.45, 2.75) is 38.9 Å². The summed E-state index contributed by atoms with van der Waals surface area (Å²) in [4.78, 5) is 0. The zero-order chi connectivity index (χ0) is 11.5. The number of hydrogen-bond acceptors (Lipinski definition) is 1. The topological polar surface area (TPSA) is 9.23 Å². The van der Waals surface area contributed by atoms with Gasteiger partial charge in [-0.3, -0.25) is 0 Å². The van der Waals surface area contributed by atoms with Crippen LogP contribution in [0.1, 0.15) is 37.0 Å². The molecule has 0 N–H and O–H groups in total. The van der Waals surface area contributed by atoms with Crippen LogP contribution in [-0.2, 0) is 4.74 Å². The summed E-state index contributed by atoms with van der Waals surface area (Å²) in [5.74, 6) is 0.798. The Morgan fingerprint density at radius 3 is 2.44 bits per heavy atom. The SMILES string of the molecule is Cc1ccc(C(CBr)OC(C)C2CC2)cc1. The summed E-state index contributed by atoms with van der Waals surface area (Å²) in [5.41, 5.74) is 2.57. The molecule has 16 heavy (non-hydrogen) atoms. The van der Waals surface area contributed by atoms with Gasteiger partial charge in [0, 0.05) is 5.33 Å². The second-order valence-corrected chi connectivity index (χ2v) is 5.38. The molecular weight excluding hydrogens is 264 g/mol. The Balaban J connectivity index is 2.00. The quantitative estimate of drug-likeness (QED) is 0.734. The molecule has 0 spiro atoms. The lowest BCUT2D eigenvalue weighted by atomic mass is 10.1. The van der Waals surface area contributed by atoms with E-state index in [-0.39, 0.29) is 6.10 Å². The number of ether oxygens (including phenoxy) is 1. The molecule has 0 amide bonds. The predicted molar refractivity (Wildman–Crippen MR) is 71.0 cm³/mol. The molecule has 1 aliphatic rings. The molecule has 2 atom stereocenters. The van der Waals surface area contributed by atoms with Crippen LogP contribution >= 0.6 is 15.9 Å². The highest BCUT2D eigenvalue weighted by molar-refractivity contribution is 9.09. The molecule has 2 rings (SSSR count). The minimum Gasteiger partial charge on any atom is -0.369 e. The summed E-state index contributed by atoms with van der Waals surface area (Å²) in [6, 6.07) is 8.63. The van der Waals surface area contributed by atoms with Crippen LogP contribution in [0.15, 0.2) is 24.3 Å². The van der Waals surface area contributed by atoms with E-state index in [1.807, 2.05) is 0 Å². The fraction of sp³-hybridized carbons (Fsp3) is 0.571. The average Bonchev–Trinajstić information content (AvgIpc) is 3.11. The van der Waals surface area contributed by atoms with E-state index >= 15 is 0 Å². The van der Waals surface area contributed by atoms with Crippen LogP contribution in [-0.4, -0.2) is 11.4 Å². The lowest BCUT2D eigenvalue weighted by molar-refractivity contribution is -0.00151. The molecule has 1 aromatic carbocycles. The Morgan fingerprint density at radius 1 is 1.31 bits per heavy atom. The van der Waals surface area contributed by atoms with Crippen LogP contribution in [0.2, 0.25) is 0 Å². The smallest absolute Gasteiger partial charge is 0.0925 e. The number of aryl methyl sites for hydroxylation is 1. The summed E-state index contributed by atoms with van der Waals surface area (Å²) in [5, 5.41) is 0.868. The lowest BCUT2D eigenvalue weighted by Crippen LogP contribution is -2.16. The highest BCUT2D eigenvalue weighted by Gasteiger charge is 2.30. The van der Waals surface area contributed by atoms with Gasteiger partial charge in [-0.1, -0.05) is 45.8 Å². The van der Waals surface area contributed by atoms with E-state index in [0.717, 1.165) is 11.2 Å². The first kappa shape index (κ1) is 12.1. The lowest BCUT2D eigenvalue weighted by Gasteiger charge is -2.21. The van der Waals surface area contributed by atoms with Gasteiger partial charge in [0.25, 0.3) is 0 Å². The monoisotopic (exact) mass is 282 g/mol. The third kappa shape index (κ3) is 3.08. The first-order valence-corrected chi connectivity index (χ1v) is 7.11. The van der Waals surface area contributed by atoms with Gasteiger partial charge in [0.2, 0.25) is 0 Å². The third-order valence-corrected chi connectivity index (χ3v) is 3.84. The fourth-order valence-corrected chi connectivity index (χ4v) is 2.45. The maximum Gasteiger partial charge on any atom is 0.0925 e. The van der Waals surface area contributed by atoms with Crippen molar-refractivity contribution in [1.82, 2.24) is 0 Å². The minimum absolute atomic E-state index is 0.191. The second kappa shape index (κ2) is 5.33. The van der Waals surface area contributed by atoms with Gasteiger partial charge in [0.15, 0.2) is 0 Å². The Hall–Kier alpha value is -0.340. The van der Waals surface area contributed by atoms with E-state index in [0.29, 0.717) is 6.10 Å². The van der Waals surface area contributed by atoms with Crippen molar-refractivity contribution in [3.63, 3.8) is 0 Å². The summed E-state index contributed by atoms with van der Waals surface area (Å²) in [6.07, 6.45) is 3.26. The van der Waals surface area contributed by atoms with Gasteiger partial charge in [-0.2, -0.15) is 0 Å². The third-order valence-electron chi connectivity index (χ3n) is 3.25. The molecule has 1 aromatic rings. The molecule has 0 bridgehead atoms. The van der Waals surface area contributed by atoms with E-state index < -0.39 is 0 Å². The average molecular weight is 283 g/mol. The van der Waals surface area contributed by atoms with E-state index in [1.54, 1.807) is 0 Å². The van der Waals surface area contributed by atoms with Crippen molar-refractivity contribution in [2.75, 3.05) is 5.33 Å². The van der Waals surface area contributed by atoms with Gasteiger partial charge in [0.05, 0.1) is 12.2 Å². The first-order valence-electron chi connectivity index (χ1n) is 5.98. The van der Waals surface area contributed by atoms with E-state index in [9.17, 15) is 0 Å². The van der Waals surface area contributed by atoms with E-state index in [2.05, 4.69) is 54.0 Å². The molecule has 2 unspecified atom stereocenters. The Kier molecular flexibility index (Phi) is 4.04. The number of rotatable bonds is 5. The summed E-state index contributed by atoms with van der Waals surface area (Å²) >= 11 is 3.54. The fourth-order valence-electron chi connectivity index (χ4n) is 1.92. The number of hydrogen-bond donors (Lipinski definition) is 0. The van der Waals surface area contributed by atoms with Crippen molar-refractivity contribution in [2.24, 2.45) is 5.92 Å². The molecule has 0 radical (unpaired) electrons. The minimum atomic E-state index is 0.191. The van der Waals surface area contributed by atoms with Gasteiger partial charge in [-0.05, 0) is 38.2 Å². The Labute approximate surface area is 106 Å². The molecule has 1 saturated carbocycles. The molecule has 0 aliphatic heterocycles. The van der Waals surface area contributed by atoms with Crippen LogP contribution in [0, 0.1) is 12.8 Å². The number of benzene rings is 1. The van der Waals surface area contributed by atoms with E-state index in [4.69, 9.17) is 4.74 Å². The van der Waals surface area contributed by atoms with Crippen LogP contribution in [0.5, 0.6) is 0 Å². The number of alkyl halides is 1. The van der Waals surface area contributed by atoms with Crippen molar-refractivity contribution in [3.8, 4) is 0 Å². The van der Waals surface area contributed by atoms with Crippen LogP contribution in [0.4, 0.5) is 0 Å². The number of halogens is 1. The maximum atomic E-state index is 6.10. The predicted octanol–water partition coefficient (Wildman–Crippen LogP) is 4.25. The highest BCUT2D eigenvalue weighted by atomic mass is 79.9. The second-order valence-electron chi connectivity index (χ2n) is 4.73. The molecule has 1 fully saturated rings. The van der Waals surface area contributed by atoms with Gasteiger partial charge in [0.1, 0.15) is 0 Å². The molecule has 2 heteroatoms. The molecule has 1 aliphatic carbocycles. The first-order chi connectivity index (χ1) is 7.70. The van der Waals surface area contributed by atoms with Crippen molar-refractivity contribution >= 4 is 15.9 Å². The van der Waals surface area contributed by atoms with Crippen LogP contribution in [0.3, 0.4) is 0 Å². The summed E-state index contributed by atoms with van der Waals surface area (Å²) < 4.78 is 6.10. The van der Waals surface area contributed by atoms with Gasteiger partial charge >= 0.3 is 0 Å². The molecule has 88 valence electrons. The van der Waals surface area contributed by atoms with E-state index in [1.165, 1.54) is 24.0 Å². The molecule has 0 aromatic heterocycles. The van der Waals surface area contributed by atoms with Gasteiger partial charge in [-0.25, -0.2) is 0 Å². The van der Waals surface area contributed by atoms with Crippen molar-refractivity contribution in [3.05, 3.63) is 35.4 Å². The van der Waals surface area contributed by atoms with Gasteiger partial charge < -0.3 is 4.74 Å². The van der Waals surface area contributed by atoms with Gasteiger partial charge in [-0.15, -0.1) is 0 Å². The van der Waals surface area contributed by atoms with Crippen molar-refractivity contribution < 1.29 is 4.74 Å². The summed E-state index contributed by atoms with van der Waals surface area (Å²) in [7, 11) is 0.